The zero-order valence-corrected chi connectivity index (χ0v) is 16.6. The molecule has 0 aliphatic carbocycles. The quantitative estimate of drug-likeness (QED) is 0.688. The van der Waals surface area contributed by atoms with Crippen LogP contribution in [0.3, 0.4) is 0 Å². The van der Waals surface area contributed by atoms with Crippen LogP contribution in [-0.2, 0) is 11.8 Å². The minimum absolute atomic E-state index is 0.594. The van der Waals surface area contributed by atoms with Crippen LogP contribution in [-0.4, -0.2) is 63.8 Å². The number of halogens is 1. The lowest BCUT2D eigenvalue weighted by molar-refractivity contribution is 0.0398. The summed E-state index contributed by atoms with van der Waals surface area (Å²) in [5.41, 5.74) is 2.64. The second-order valence-electron chi connectivity index (χ2n) is 6.71. The Morgan fingerprint density at radius 3 is 2.82 bits per heavy atom. The fourth-order valence-corrected chi connectivity index (χ4v) is 3.44. The van der Waals surface area contributed by atoms with Gasteiger partial charge in [-0.15, -0.1) is 0 Å². The van der Waals surface area contributed by atoms with E-state index in [1.54, 1.807) is 6.20 Å². The Labute approximate surface area is 169 Å². The highest BCUT2D eigenvalue weighted by atomic mass is 35.5. The number of aryl methyl sites for hydroxylation is 1. The predicted molar refractivity (Wildman–Crippen MR) is 110 cm³/mol. The van der Waals surface area contributed by atoms with Crippen molar-refractivity contribution in [2.75, 3.05) is 44.7 Å². The lowest BCUT2D eigenvalue weighted by Gasteiger charge is -2.26. The molecule has 3 heterocycles. The maximum Gasteiger partial charge on any atom is 0.223 e. The van der Waals surface area contributed by atoms with Gasteiger partial charge in [0.2, 0.25) is 5.95 Å². The van der Waals surface area contributed by atoms with E-state index in [0.717, 1.165) is 62.0 Å². The van der Waals surface area contributed by atoms with Gasteiger partial charge in [-0.05, 0) is 17.7 Å². The number of benzene rings is 1. The third-order valence-corrected chi connectivity index (χ3v) is 5.01. The molecule has 2 aromatic heterocycles. The molecule has 1 aliphatic rings. The first kappa shape index (κ1) is 18.9. The van der Waals surface area contributed by atoms with Crippen molar-refractivity contribution in [3.63, 3.8) is 0 Å². The highest BCUT2D eigenvalue weighted by Crippen LogP contribution is 2.31. The number of aromatic nitrogens is 4. The van der Waals surface area contributed by atoms with Gasteiger partial charge in [-0.25, -0.2) is 15.0 Å². The minimum Gasteiger partial charge on any atom is -0.379 e. The number of ether oxygens (including phenoxy) is 1. The molecule has 7 nitrogen and oxygen atoms in total. The number of nitrogens with one attached hydrogen (secondary N) is 1. The van der Waals surface area contributed by atoms with Crippen LogP contribution in [0.4, 0.5) is 5.95 Å². The van der Waals surface area contributed by atoms with Crippen LogP contribution >= 0.6 is 11.6 Å². The monoisotopic (exact) mass is 398 g/mol. The Kier molecular flexibility index (Phi) is 5.85. The summed E-state index contributed by atoms with van der Waals surface area (Å²) in [5.74, 6) is 1.38. The van der Waals surface area contributed by atoms with Gasteiger partial charge in [0.1, 0.15) is 5.69 Å². The Balaban J connectivity index is 1.58. The van der Waals surface area contributed by atoms with Gasteiger partial charge in [0.15, 0.2) is 5.82 Å². The molecule has 0 bridgehead atoms. The standard InChI is InChI=1S/C20H23ClN6O/c1-26-7-5-22-19(26)18-17(15-3-2-4-16(21)13-15)14-24-20(25-18)23-6-8-27-9-11-28-12-10-27/h2-5,7,13-14H,6,8-12H2,1H3,(H,23,24,25). The second-order valence-corrected chi connectivity index (χ2v) is 7.15. The lowest BCUT2D eigenvalue weighted by atomic mass is 10.1. The van der Waals surface area contributed by atoms with Crippen molar-refractivity contribution in [1.29, 1.82) is 0 Å². The van der Waals surface area contributed by atoms with Gasteiger partial charge in [-0.2, -0.15) is 0 Å². The summed E-state index contributed by atoms with van der Waals surface area (Å²) < 4.78 is 7.34. The van der Waals surface area contributed by atoms with E-state index in [4.69, 9.17) is 21.3 Å². The summed E-state index contributed by atoms with van der Waals surface area (Å²) in [6.07, 6.45) is 5.51. The molecule has 0 saturated carbocycles. The van der Waals surface area contributed by atoms with E-state index in [-0.39, 0.29) is 0 Å². The molecule has 0 radical (unpaired) electrons. The fraction of sp³-hybridized carbons (Fsp3) is 0.350. The number of rotatable bonds is 6. The molecule has 4 rings (SSSR count). The van der Waals surface area contributed by atoms with Gasteiger partial charge in [0.05, 0.1) is 13.2 Å². The second kappa shape index (κ2) is 8.68. The SMILES string of the molecule is Cn1ccnc1-c1nc(NCCN2CCOCC2)ncc1-c1cccc(Cl)c1. The first-order chi connectivity index (χ1) is 13.7. The van der Waals surface area contributed by atoms with Gasteiger partial charge in [0.25, 0.3) is 0 Å². The van der Waals surface area contributed by atoms with Gasteiger partial charge in [0, 0.05) is 62.4 Å². The van der Waals surface area contributed by atoms with Crippen molar-refractivity contribution in [1.82, 2.24) is 24.4 Å². The van der Waals surface area contributed by atoms with Crippen LogP contribution in [0.1, 0.15) is 0 Å². The molecule has 1 saturated heterocycles. The third kappa shape index (κ3) is 4.32. The molecule has 8 heteroatoms. The summed E-state index contributed by atoms with van der Waals surface area (Å²) >= 11 is 6.19. The maximum absolute atomic E-state index is 6.19. The van der Waals surface area contributed by atoms with Crippen molar-refractivity contribution < 1.29 is 4.74 Å². The highest BCUT2D eigenvalue weighted by molar-refractivity contribution is 6.30. The fourth-order valence-electron chi connectivity index (χ4n) is 3.25. The molecule has 1 aromatic carbocycles. The molecule has 146 valence electrons. The first-order valence-electron chi connectivity index (χ1n) is 9.35. The summed E-state index contributed by atoms with van der Waals surface area (Å²) in [6.45, 7) is 5.24. The van der Waals surface area contributed by atoms with Crippen LogP contribution in [0.25, 0.3) is 22.6 Å². The van der Waals surface area contributed by atoms with Crippen LogP contribution in [0.2, 0.25) is 5.02 Å². The molecule has 1 N–H and O–H groups in total. The Morgan fingerprint density at radius 1 is 1.21 bits per heavy atom. The summed E-state index contributed by atoms with van der Waals surface area (Å²) in [6, 6.07) is 7.70. The average molecular weight is 399 g/mol. The van der Waals surface area contributed by atoms with Crippen molar-refractivity contribution in [2.24, 2.45) is 7.05 Å². The van der Waals surface area contributed by atoms with E-state index in [9.17, 15) is 0 Å². The average Bonchev–Trinajstić information content (AvgIpc) is 3.14. The molecule has 0 amide bonds. The van der Waals surface area contributed by atoms with E-state index in [0.29, 0.717) is 11.0 Å². The third-order valence-electron chi connectivity index (χ3n) is 4.77. The lowest BCUT2D eigenvalue weighted by Crippen LogP contribution is -2.39. The largest absolute Gasteiger partial charge is 0.379 e. The van der Waals surface area contributed by atoms with Crippen LogP contribution in [0.15, 0.2) is 42.9 Å². The smallest absolute Gasteiger partial charge is 0.223 e. The number of hydrogen-bond donors (Lipinski definition) is 1. The maximum atomic E-state index is 6.19. The summed E-state index contributed by atoms with van der Waals surface area (Å²) in [4.78, 5) is 16.1. The molecule has 0 unspecified atom stereocenters. The summed E-state index contributed by atoms with van der Waals surface area (Å²) in [7, 11) is 1.96. The molecule has 0 spiro atoms. The van der Waals surface area contributed by atoms with E-state index in [2.05, 4.69) is 20.2 Å². The van der Waals surface area contributed by atoms with Crippen molar-refractivity contribution >= 4 is 17.5 Å². The van der Waals surface area contributed by atoms with Crippen LogP contribution in [0.5, 0.6) is 0 Å². The van der Waals surface area contributed by atoms with Crippen molar-refractivity contribution in [2.45, 2.75) is 0 Å². The normalized spacial score (nSPS) is 14.9. The van der Waals surface area contributed by atoms with E-state index < -0.39 is 0 Å². The number of hydrogen-bond acceptors (Lipinski definition) is 6. The zero-order chi connectivity index (χ0) is 19.3. The number of nitrogens with zero attached hydrogens (tertiary/aromatic N) is 5. The van der Waals surface area contributed by atoms with Crippen molar-refractivity contribution in [3.8, 4) is 22.6 Å². The van der Waals surface area contributed by atoms with Crippen LogP contribution < -0.4 is 5.32 Å². The zero-order valence-electron chi connectivity index (χ0n) is 15.8. The molecule has 28 heavy (non-hydrogen) atoms. The Morgan fingerprint density at radius 2 is 2.07 bits per heavy atom. The van der Waals surface area contributed by atoms with Gasteiger partial charge in [-0.1, -0.05) is 23.7 Å². The molecule has 0 atom stereocenters. The molecule has 1 fully saturated rings. The highest BCUT2D eigenvalue weighted by Gasteiger charge is 2.16. The number of morpholine rings is 1. The molecule has 1 aliphatic heterocycles. The predicted octanol–water partition coefficient (Wildman–Crippen LogP) is 2.94. The van der Waals surface area contributed by atoms with Gasteiger partial charge < -0.3 is 14.6 Å². The van der Waals surface area contributed by atoms with Gasteiger partial charge in [-0.3, -0.25) is 4.90 Å². The molecular weight excluding hydrogens is 376 g/mol. The topological polar surface area (TPSA) is 68.1 Å². The van der Waals surface area contributed by atoms with E-state index in [1.807, 2.05) is 48.3 Å². The number of imidazole rings is 1. The van der Waals surface area contributed by atoms with Crippen LogP contribution in [0, 0.1) is 0 Å². The first-order valence-corrected chi connectivity index (χ1v) is 9.73. The van der Waals surface area contributed by atoms with E-state index >= 15 is 0 Å². The molecular formula is C20H23ClN6O. The van der Waals surface area contributed by atoms with Crippen molar-refractivity contribution in [3.05, 3.63) is 47.9 Å². The van der Waals surface area contributed by atoms with Gasteiger partial charge >= 0.3 is 0 Å². The summed E-state index contributed by atoms with van der Waals surface area (Å²) in [5, 5.41) is 4.01. The minimum atomic E-state index is 0.594. The Hall–Kier alpha value is -2.48. The Bertz CT molecular complexity index is 938. The number of anilines is 1. The molecule has 3 aromatic rings. The van der Waals surface area contributed by atoms with E-state index in [1.165, 1.54) is 0 Å².